The van der Waals surface area contributed by atoms with Crippen LogP contribution in [0, 0.1) is 5.92 Å². The number of ether oxygens (including phenoxy) is 1. The fourth-order valence-corrected chi connectivity index (χ4v) is 1.49. The van der Waals surface area contributed by atoms with E-state index in [1.807, 2.05) is 6.92 Å². The van der Waals surface area contributed by atoms with Crippen LogP contribution in [-0.4, -0.2) is 35.7 Å². The van der Waals surface area contributed by atoms with E-state index < -0.39 is 5.97 Å². The number of aliphatic carboxylic acids is 1. The van der Waals surface area contributed by atoms with Crippen LogP contribution in [0.5, 0.6) is 5.88 Å². The van der Waals surface area contributed by atoms with Gasteiger partial charge in [-0.05, 0) is 18.4 Å². The predicted molar refractivity (Wildman–Crippen MR) is 73.8 cm³/mol. The maximum absolute atomic E-state index is 11.6. The van der Waals surface area contributed by atoms with Crippen LogP contribution >= 0.6 is 0 Å². The highest BCUT2D eigenvalue weighted by molar-refractivity contribution is 5.88. The third-order valence-electron chi connectivity index (χ3n) is 2.67. The second-order valence-electron chi connectivity index (χ2n) is 4.46. The number of nitrogens with one attached hydrogen (secondary N) is 2. The van der Waals surface area contributed by atoms with Crippen LogP contribution in [0.25, 0.3) is 0 Å². The molecular formula is C13H19N3O4. The van der Waals surface area contributed by atoms with E-state index >= 15 is 0 Å². The molecule has 3 N–H and O–H groups in total. The quantitative estimate of drug-likeness (QED) is 0.706. The number of anilines is 1. The Morgan fingerprint density at radius 1 is 1.45 bits per heavy atom. The lowest BCUT2D eigenvalue weighted by atomic mass is 10.1. The summed E-state index contributed by atoms with van der Waals surface area (Å²) in [5, 5.41) is 13.9. The van der Waals surface area contributed by atoms with Crippen LogP contribution < -0.4 is 15.4 Å². The number of amides is 2. The van der Waals surface area contributed by atoms with E-state index in [1.165, 1.54) is 13.3 Å². The van der Waals surface area contributed by atoms with Gasteiger partial charge in [-0.2, -0.15) is 0 Å². The standard InChI is InChI=1S/C13H19N3O4/c1-9(3-6-12(17)18)7-15-13(19)16-10-4-5-11(20-2)14-8-10/h4-5,8-9H,3,6-7H2,1-2H3,(H,17,18)(H2,15,16,19). The van der Waals surface area contributed by atoms with Gasteiger partial charge < -0.3 is 20.5 Å². The van der Waals surface area contributed by atoms with Gasteiger partial charge in [0.25, 0.3) is 0 Å². The molecule has 0 bridgehead atoms. The zero-order valence-electron chi connectivity index (χ0n) is 11.5. The van der Waals surface area contributed by atoms with Gasteiger partial charge in [-0.15, -0.1) is 0 Å². The molecule has 1 unspecified atom stereocenters. The number of aromatic nitrogens is 1. The predicted octanol–water partition coefficient (Wildman–Crippen LogP) is 1.71. The van der Waals surface area contributed by atoms with Crippen LogP contribution in [-0.2, 0) is 4.79 Å². The first kappa shape index (κ1) is 15.7. The summed E-state index contributed by atoms with van der Waals surface area (Å²) in [6.45, 7) is 2.31. The number of nitrogens with zero attached hydrogens (tertiary/aromatic N) is 1. The lowest BCUT2D eigenvalue weighted by molar-refractivity contribution is -0.137. The molecule has 0 radical (unpaired) electrons. The Morgan fingerprint density at radius 3 is 2.75 bits per heavy atom. The number of pyridine rings is 1. The van der Waals surface area contributed by atoms with E-state index in [-0.39, 0.29) is 18.4 Å². The van der Waals surface area contributed by atoms with Gasteiger partial charge in [0, 0.05) is 19.0 Å². The molecule has 1 rings (SSSR count). The molecule has 110 valence electrons. The van der Waals surface area contributed by atoms with Crippen molar-refractivity contribution in [1.82, 2.24) is 10.3 Å². The zero-order chi connectivity index (χ0) is 15.0. The van der Waals surface area contributed by atoms with Gasteiger partial charge >= 0.3 is 12.0 Å². The molecule has 7 heteroatoms. The average molecular weight is 281 g/mol. The smallest absolute Gasteiger partial charge is 0.319 e. The molecule has 0 fully saturated rings. The number of carboxylic acids is 1. The van der Waals surface area contributed by atoms with Gasteiger partial charge in [0.05, 0.1) is 19.0 Å². The van der Waals surface area contributed by atoms with E-state index in [9.17, 15) is 9.59 Å². The van der Waals surface area contributed by atoms with E-state index in [1.54, 1.807) is 12.1 Å². The van der Waals surface area contributed by atoms with Crippen molar-refractivity contribution in [3.05, 3.63) is 18.3 Å². The van der Waals surface area contributed by atoms with E-state index in [2.05, 4.69) is 15.6 Å². The minimum Gasteiger partial charge on any atom is -0.481 e. The summed E-state index contributed by atoms with van der Waals surface area (Å²) >= 11 is 0. The largest absolute Gasteiger partial charge is 0.481 e. The normalized spacial score (nSPS) is 11.5. The van der Waals surface area contributed by atoms with Crippen molar-refractivity contribution in [2.45, 2.75) is 19.8 Å². The molecule has 0 aliphatic heterocycles. The van der Waals surface area contributed by atoms with Crippen molar-refractivity contribution in [2.75, 3.05) is 19.0 Å². The van der Waals surface area contributed by atoms with Crippen LogP contribution in [0.1, 0.15) is 19.8 Å². The molecule has 0 aliphatic carbocycles. The minimum atomic E-state index is -0.828. The van der Waals surface area contributed by atoms with Crippen molar-refractivity contribution in [3.63, 3.8) is 0 Å². The van der Waals surface area contributed by atoms with Gasteiger partial charge in [0.1, 0.15) is 0 Å². The highest BCUT2D eigenvalue weighted by Gasteiger charge is 2.08. The molecule has 1 heterocycles. The zero-order valence-corrected chi connectivity index (χ0v) is 11.5. The lowest BCUT2D eigenvalue weighted by Crippen LogP contribution is -2.32. The first-order valence-corrected chi connectivity index (χ1v) is 6.28. The Balaban J connectivity index is 2.30. The van der Waals surface area contributed by atoms with Gasteiger partial charge in [0.2, 0.25) is 5.88 Å². The number of rotatable bonds is 7. The van der Waals surface area contributed by atoms with E-state index in [0.29, 0.717) is 24.5 Å². The van der Waals surface area contributed by atoms with Crippen LogP contribution in [0.3, 0.4) is 0 Å². The highest BCUT2D eigenvalue weighted by Crippen LogP contribution is 2.10. The molecule has 20 heavy (non-hydrogen) atoms. The molecule has 7 nitrogen and oxygen atoms in total. The number of carbonyl (C=O) groups excluding carboxylic acids is 1. The van der Waals surface area contributed by atoms with Gasteiger partial charge in [-0.3, -0.25) is 4.79 Å². The van der Waals surface area contributed by atoms with Crippen LogP contribution in [0.4, 0.5) is 10.5 Å². The monoisotopic (exact) mass is 281 g/mol. The second kappa shape index (κ2) is 7.98. The Labute approximate surface area is 117 Å². The fraction of sp³-hybridized carbons (Fsp3) is 0.462. The van der Waals surface area contributed by atoms with Crippen molar-refractivity contribution < 1.29 is 19.4 Å². The summed E-state index contributed by atoms with van der Waals surface area (Å²) in [4.78, 5) is 26.0. The molecule has 1 aromatic rings. The van der Waals surface area contributed by atoms with Crippen molar-refractivity contribution >= 4 is 17.7 Å². The Hall–Kier alpha value is -2.31. The van der Waals surface area contributed by atoms with Crippen LogP contribution in [0.15, 0.2) is 18.3 Å². The molecule has 0 saturated carbocycles. The summed E-state index contributed by atoms with van der Waals surface area (Å²) in [5.41, 5.74) is 0.557. The average Bonchev–Trinajstić information content (AvgIpc) is 2.43. The van der Waals surface area contributed by atoms with Crippen molar-refractivity contribution in [2.24, 2.45) is 5.92 Å². The number of hydrogen-bond acceptors (Lipinski definition) is 4. The highest BCUT2D eigenvalue weighted by atomic mass is 16.5. The second-order valence-corrected chi connectivity index (χ2v) is 4.46. The van der Waals surface area contributed by atoms with Crippen LogP contribution in [0.2, 0.25) is 0 Å². The third-order valence-corrected chi connectivity index (χ3v) is 2.67. The Morgan fingerprint density at radius 2 is 2.20 bits per heavy atom. The molecule has 0 aromatic carbocycles. The minimum absolute atomic E-state index is 0.103. The molecule has 1 atom stereocenters. The van der Waals surface area contributed by atoms with Crippen molar-refractivity contribution in [3.8, 4) is 5.88 Å². The number of carboxylic acid groups (broad SMARTS) is 1. The third kappa shape index (κ3) is 6.03. The first-order valence-electron chi connectivity index (χ1n) is 6.28. The molecular weight excluding hydrogens is 262 g/mol. The molecule has 1 aromatic heterocycles. The summed E-state index contributed by atoms with van der Waals surface area (Å²) in [5.74, 6) is -0.255. The Bertz CT molecular complexity index is 447. The summed E-state index contributed by atoms with van der Waals surface area (Å²) in [7, 11) is 1.51. The van der Waals surface area contributed by atoms with Gasteiger partial charge in [0.15, 0.2) is 0 Å². The maximum Gasteiger partial charge on any atom is 0.319 e. The number of carbonyl (C=O) groups is 2. The molecule has 0 saturated heterocycles. The molecule has 0 spiro atoms. The topological polar surface area (TPSA) is 101 Å². The van der Waals surface area contributed by atoms with Gasteiger partial charge in [-0.25, -0.2) is 9.78 Å². The van der Waals surface area contributed by atoms with Gasteiger partial charge in [-0.1, -0.05) is 6.92 Å². The number of hydrogen-bond donors (Lipinski definition) is 3. The maximum atomic E-state index is 11.6. The summed E-state index contributed by atoms with van der Waals surface area (Å²) < 4.78 is 4.91. The summed E-state index contributed by atoms with van der Waals surface area (Å²) in [6, 6.07) is 2.98. The molecule has 2 amide bonds. The molecule has 0 aliphatic rings. The number of urea groups is 1. The fourth-order valence-electron chi connectivity index (χ4n) is 1.49. The lowest BCUT2D eigenvalue weighted by Gasteiger charge is -2.12. The summed E-state index contributed by atoms with van der Waals surface area (Å²) in [6.07, 6.45) is 2.12. The van der Waals surface area contributed by atoms with E-state index in [0.717, 1.165) is 0 Å². The SMILES string of the molecule is COc1ccc(NC(=O)NCC(C)CCC(=O)O)cn1. The van der Waals surface area contributed by atoms with Crippen molar-refractivity contribution in [1.29, 1.82) is 0 Å². The number of methoxy groups -OCH3 is 1. The Kier molecular flexibility index (Phi) is 6.28. The van der Waals surface area contributed by atoms with E-state index in [4.69, 9.17) is 9.84 Å². The first-order chi connectivity index (χ1) is 9.51.